The van der Waals surface area contributed by atoms with Gasteiger partial charge in [0, 0.05) is 22.2 Å². The van der Waals surface area contributed by atoms with Gasteiger partial charge in [0.05, 0.1) is 21.1 Å². The quantitative estimate of drug-likeness (QED) is 0.709. The molecule has 0 aliphatic heterocycles. The molecule has 7 heteroatoms. The Morgan fingerprint density at radius 2 is 2.12 bits per heavy atom. The van der Waals surface area contributed by atoms with E-state index >= 15 is 0 Å². The first kappa shape index (κ1) is 16.9. The van der Waals surface area contributed by atoms with Gasteiger partial charge in [0.1, 0.15) is 5.65 Å². The standard InChI is InChI=1S/C17H16BrN3O2S/c1-17(2,3)13(22)7-15-20-16(23)12(24-15)6-11-8-19-14-5-4-10(18)9-21(11)14/h4-9H,1-3H3,(H,20,23). The Balaban J connectivity index is 2.11. The van der Waals surface area contributed by atoms with Crippen molar-refractivity contribution in [3.8, 4) is 0 Å². The fourth-order valence-electron chi connectivity index (χ4n) is 2.07. The molecule has 3 rings (SSSR count). The number of fused-ring (bicyclic) bond motifs is 1. The highest BCUT2D eigenvalue weighted by Gasteiger charge is 2.18. The average Bonchev–Trinajstić information content (AvgIpc) is 3.03. The van der Waals surface area contributed by atoms with Gasteiger partial charge in [-0.15, -0.1) is 11.3 Å². The highest BCUT2D eigenvalue weighted by molar-refractivity contribution is 9.10. The average molecular weight is 406 g/mol. The van der Waals surface area contributed by atoms with E-state index in [0.717, 1.165) is 15.8 Å². The molecular formula is C17H16BrN3O2S. The van der Waals surface area contributed by atoms with Crippen LogP contribution in [0.1, 0.15) is 26.5 Å². The van der Waals surface area contributed by atoms with Crippen molar-refractivity contribution in [3.05, 3.63) is 54.2 Å². The predicted octanol–water partition coefficient (Wildman–Crippen LogP) is 2.07. The number of carbonyl (C=O) groups excluding carboxylic acids is 1. The molecule has 3 aromatic rings. The molecule has 0 atom stereocenters. The monoisotopic (exact) mass is 405 g/mol. The summed E-state index contributed by atoms with van der Waals surface area (Å²) < 4.78 is 3.91. The van der Waals surface area contributed by atoms with E-state index in [2.05, 4.69) is 25.9 Å². The number of hydrogen-bond donors (Lipinski definition) is 1. The molecule has 1 N–H and O–H groups in total. The summed E-state index contributed by atoms with van der Waals surface area (Å²) in [5.41, 5.74) is 0.913. The van der Waals surface area contributed by atoms with Crippen molar-refractivity contribution in [2.24, 2.45) is 5.41 Å². The van der Waals surface area contributed by atoms with Crippen molar-refractivity contribution in [3.63, 3.8) is 0 Å². The molecule has 0 aliphatic rings. The first-order chi connectivity index (χ1) is 11.2. The number of thiazole rings is 1. The van der Waals surface area contributed by atoms with E-state index in [4.69, 9.17) is 0 Å². The summed E-state index contributed by atoms with van der Waals surface area (Å²) in [6, 6.07) is 3.80. The lowest BCUT2D eigenvalue weighted by Gasteiger charge is -2.12. The first-order valence-corrected chi connectivity index (χ1v) is 8.94. The second-order valence-corrected chi connectivity index (χ2v) is 8.45. The normalized spacial score (nSPS) is 13.8. The smallest absolute Gasteiger partial charge is 0.266 e. The highest BCUT2D eigenvalue weighted by Crippen LogP contribution is 2.15. The number of carbonyl (C=O) groups is 1. The molecule has 0 fully saturated rings. The van der Waals surface area contributed by atoms with Crippen LogP contribution in [-0.4, -0.2) is 20.2 Å². The second-order valence-electron chi connectivity index (χ2n) is 6.45. The van der Waals surface area contributed by atoms with Crippen LogP contribution in [0.3, 0.4) is 0 Å². The Kier molecular flexibility index (Phi) is 4.31. The van der Waals surface area contributed by atoms with Gasteiger partial charge in [-0.25, -0.2) is 4.98 Å². The lowest BCUT2D eigenvalue weighted by atomic mass is 9.91. The minimum Gasteiger partial charge on any atom is -0.313 e. The zero-order valence-electron chi connectivity index (χ0n) is 13.5. The van der Waals surface area contributed by atoms with Gasteiger partial charge in [0.15, 0.2) is 5.78 Å². The summed E-state index contributed by atoms with van der Waals surface area (Å²) in [6.07, 6.45) is 6.88. The largest absolute Gasteiger partial charge is 0.313 e. The Hall–Kier alpha value is -1.99. The van der Waals surface area contributed by atoms with E-state index in [1.165, 1.54) is 17.4 Å². The van der Waals surface area contributed by atoms with Gasteiger partial charge in [-0.1, -0.05) is 20.8 Å². The van der Waals surface area contributed by atoms with Crippen molar-refractivity contribution >= 4 is 50.8 Å². The molecule has 3 aromatic heterocycles. The van der Waals surface area contributed by atoms with Crippen LogP contribution in [0.15, 0.2) is 33.8 Å². The fourth-order valence-corrected chi connectivity index (χ4v) is 3.28. The van der Waals surface area contributed by atoms with Crippen LogP contribution in [0.4, 0.5) is 0 Å². The van der Waals surface area contributed by atoms with Crippen molar-refractivity contribution in [2.45, 2.75) is 20.8 Å². The van der Waals surface area contributed by atoms with Crippen molar-refractivity contribution in [1.29, 1.82) is 0 Å². The molecule has 0 radical (unpaired) electrons. The topological polar surface area (TPSA) is 67.2 Å². The van der Waals surface area contributed by atoms with Crippen LogP contribution in [0.25, 0.3) is 17.8 Å². The Labute approximate surface area is 150 Å². The third-order valence-corrected chi connectivity index (χ3v) is 4.89. The van der Waals surface area contributed by atoms with Crippen LogP contribution in [0.5, 0.6) is 0 Å². The van der Waals surface area contributed by atoms with E-state index in [-0.39, 0.29) is 11.3 Å². The first-order valence-electron chi connectivity index (χ1n) is 7.34. The SMILES string of the molecule is CC(C)(C)C(=O)C=c1[nH]c(=O)c(=Cc2cnc3ccc(Br)cn23)s1. The van der Waals surface area contributed by atoms with Gasteiger partial charge in [-0.2, -0.15) is 0 Å². The maximum atomic E-state index is 12.2. The number of hydrogen-bond acceptors (Lipinski definition) is 4. The summed E-state index contributed by atoms with van der Waals surface area (Å²) in [5, 5.41) is 0. The van der Waals surface area contributed by atoms with Crippen LogP contribution >= 0.6 is 27.3 Å². The van der Waals surface area contributed by atoms with Gasteiger partial charge in [0.2, 0.25) is 0 Å². The Morgan fingerprint density at radius 3 is 2.83 bits per heavy atom. The van der Waals surface area contributed by atoms with Crippen LogP contribution in [0.2, 0.25) is 0 Å². The number of aromatic nitrogens is 3. The van der Waals surface area contributed by atoms with E-state index in [1.807, 2.05) is 43.5 Å². The van der Waals surface area contributed by atoms with Gasteiger partial charge in [-0.3, -0.25) is 14.0 Å². The molecule has 0 saturated heterocycles. The minimum atomic E-state index is -0.474. The molecule has 0 aromatic carbocycles. The zero-order chi connectivity index (χ0) is 17.5. The number of rotatable bonds is 2. The zero-order valence-corrected chi connectivity index (χ0v) is 15.9. The molecule has 0 saturated carbocycles. The van der Waals surface area contributed by atoms with E-state index < -0.39 is 5.41 Å². The number of nitrogens with one attached hydrogen (secondary N) is 1. The predicted molar refractivity (Wildman–Crippen MR) is 99.6 cm³/mol. The Morgan fingerprint density at radius 1 is 1.38 bits per heavy atom. The molecule has 3 heterocycles. The number of halogens is 1. The van der Waals surface area contributed by atoms with Gasteiger partial charge in [0.25, 0.3) is 5.56 Å². The van der Waals surface area contributed by atoms with Crippen molar-refractivity contribution in [2.75, 3.05) is 0 Å². The number of pyridine rings is 1. The number of imidazole rings is 1. The lowest BCUT2D eigenvalue weighted by molar-refractivity contribution is -0.119. The van der Waals surface area contributed by atoms with Crippen molar-refractivity contribution in [1.82, 2.24) is 14.4 Å². The summed E-state index contributed by atoms with van der Waals surface area (Å²) in [5.74, 6) is -0.0229. The molecule has 5 nitrogen and oxygen atoms in total. The summed E-state index contributed by atoms with van der Waals surface area (Å²) >= 11 is 4.69. The van der Waals surface area contributed by atoms with E-state index in [9.17, 15) is 9.59 Å². The third-order valence-electron chi connectivity index (χ3n) is 3.46. The summed E-state index contributed by atoms with van der Waals surface area (Å²) in [6.45, 7) is 5.54. The molecule has 0 spiro atoms. The number of aromatic amines is 1. The number of ketones is 1. The molecule has 0 aliphatic carbocycles. The second kappa shape index (κ2) is 6.14. The fraction of sp³-hybridized carbons (Fsp3) is 0.235. The molecule has 0 unspecified atom stereocenters. The van der Waals surface area contributed by atoms with Gasteiger partial charge >= 0.3 is 0 Å². The van der Waals surface area contributed by atoms with Crippen LogP contribution in [0, 0.1) is 5.41 Å². The summed E-state index contributed by atoms with van der Waals surface area (Å²) in [7, 11) is 0. The molecule has 0 amide bonds. The number of Topliss-reactive ketones (excluding diaryl/α,β-unsaturated/α-hetero) is 1. The van der Waals surface area contributed by atoms with Gasteiger partial charge < -0.3 is 4.98 Å². The van der Waals surface area contributed by atoms with E-state index in [1.54, 1.807) is 12.3 Å². The molecule has 124 valence electrons. The minimum absolute atomic E-state index is 0.0229. The number of nitrogens with zero attached hydrogens (tertiary/aromatic N) is 2. The van der Waals surface area contributed by atoms with Crippen LogP contribution in [-0.2, 0) is 4.79 Å². The van der Waals surface area contributed by atoms with Crippen LogP contribution < -0.4 is 14.8 Å². The number of H-pyrrole nitrogens is 1. The summed E-state index contributed by atoms with van der Waals surface area (Å²) in [4.78, 5) is 31.3. The maximum Gasteiger partial charge on any atom is 0.266 e. The molecule has 24 heavy (non-hydrogen) atoms. The van der Waals surface area contributed by atoms with Gasteiger partial charge in [-0.05, 0) is 34.1 Å². The molecular weight excluding hydrogens is 390 g/mol. The highest BCUT2D eigenvalue weighted by atomic mass is 79.9. The maximum absolute atomic E-state index is 12.2. The van der Waals surface area contributed by atoms with Crippen molar-refractivity contribution < 1.29 is 4.79 Å². The molecule has 0 bridgehead atoms. The Bertz CT molecular complexity index is 1100. The van der Waals surface area contributed by atoms with E-state index in [0.29, 0.717) is 9.20 Å². The lowest BCUT2D eigenvalue weighted by Crippen LogP contribution is -2.22. The third kappa shape index (κ3) is 3.42.